The Balaban J connectivity index is 1.91. The molecule has 1 aliphatic heterocycles. The molecule has 0 unspecified atom stereocenters. The summed E-state index contributed by atoms with van der Waals surface area (Å²) in [6.45, 7) is 10.6. The van der Waals surface area contributed by atoms with Crippen LogP contribution in [0.2, 0.25) is 0 Å². The van der Waals surface area contributed by atoms with Gasteiger partial charge in [-0.15, -0.1) is 10.1 Å². The van der Waals surface area contributed by atoms with Gasteiger partial charge >= 0.3 is 0 Å². The van der Waals surface area contributed by atoms with Crippen LogP contribution in [-0.4, -0.2) is 22.4 Å². The third kappa shape index (κ3) is 3.96. The van der Waals surface area contributed by atoms with Gasteiger partial charge < -0.3 is 14.7 Å². The molecule has 0 spiro atoms. The maximum absolute atomic E-state index is 10.9. The minimum absolute atomic E-state index is 0.0741. The highest BCUT2D eigenvalue weighted by molar-refractivity contribution is 5.55. The molecule has 1 aliphatic carbocycles. The third-order valence-electron chi connectivity index (χ3n) is 6.39. The molecule has 6 heteroatoms. The number of aromatic hydroxyl groups is 1. The number of rotatable bonds is 6. The molecule has 28 heavy (non-hydrogen) atoms. The van der Waals surface area contributed by atoms with Crippen LogP contribution < -0.4 is 4.74 Å². The molecule has 3 rings (SSSR count). The summed E-state index contributed by atoms with van der Waals surface area (Å²) >= 11 is 0. The molecule has 1 aromatic carbocycles. The molecule has 0 saturated heterocycles. The van der Waals surface area contributed by atoms with Gasteiger partial charge in [0.2, 0.25) is 0 Å². The van der Waals surface area contributed by atoms with Gasteiger partial charge in [-0.05, 0) is 69.6 Å². The van der Waals surface area contributed by atoms with E-state index < -0.39 is 5.09 Å². The first-order chi connectivity index (χ1) is 13.0. The lowest BCUT2D eigenvalue weighted by Gasteiger charge is -2.46. The van der Waals surface area contributed by atoms with Crippen LogP contribution in [0.4, 0.5) is 0 Å². The second kappa shape index (κ2) is 7.30. The van der Waals surface area contributed by atoms with Gasteiger partial charge in [-0.25, -0.2) is 0 Å². The van der Waals surface area contributed by atoms with E-state index in [0.717, 1.165) is 29.7 Å². The normalized spacial score (nSPS) is 23.1. The average molecular weight is 389 g/mol. The fourth-order valence-corrected chi connectivity index (χ4v) is 4.71. The van der Waals surface area contributed by atoms with Crippen molar-refractivity contribution in [1.29, 1.82) is 0 Å². The van der Waals surface area contributed by atoms with E-state index in [9.17, 15) is 15.2 Å². The van der Waals surface area contributed by atoms with Crippen molar-refractivity contribution < 1.29 is 19.8 Å². The Bertz CT molecular complexity index is 796. The maximum atomic E-state index is 10.9. The molecule has 0 amide bonds. The summed E-state index contributed by atoms with van der Waals surface area (Å²) in [5.41, 5.74) is 2.65. The number of nitrogens with zero attached hydrogens (tertiary/aromatic N) is 1. The van der Waals surface area contributed by atoms with Crippen molar-refractivity contribution >= 4 is 0 Å². The summed E-state index contributed by atoms with van der Waals surface area (Å²) in [7, 11) is 0. The molecule has 2 aliphatic rings. The van der Waals surface area contributed by atoms with Crippen LogP contribution in [0.5, 0.6) is 11.5 Å². The Morgan fingerprint density at radius 3 is 2.79 bits per heavy atom. The van der Waals surface area contributed by atoms with Crippen molar-refractivity contribution in [2.45, 2.75) is 77.2 Å². The topological polar surface area (TPSA) is 81.8 Å². The molecule has 2 atom stereocenters. The number of benzene rings is 1. The van der Waals surface area contributed by atoms with Gasteiger partial charge in [-0.3, -0.25) is 0 Å². The largest absolute Gasteiger partial charge is 0.507 e. The Kier molecular flexibility index (Phi) is 5.34. The van der Waals surface area contributed by atoms with E-state index >= 15 is 0 Å². The minimum Gasteiger partial charge on any atom is -0.507 e. The van der Waals surface area contributed by atoms with Gasteiger partial charge in [0.25, 0.3) is 5.09 Å². The Labute approximate surface area is 166 Å². The Hall–Kier alpha value is -2.24. The quantitative estimate of drug-likeness (QED) is 0.310. The van der Waals surface area contributed by atoms with Crippen molar-refractivity contribution in [2.24, 2.45) is 5.92 Å². The second-order valence-corrected chi connectivity index (χ2v) is 9.34. The maximum Gasteiger partial charge on any atom is 0.294 e. The van der Waals surface area contributed by atoms with Crippen LogP contribution in [0.15, 0.2) is 23.8 Å². The average Bonchev–Trinajstić information content (AvgIpc) is 2.57. The summed E-state index contributed by atoms with van der Waals surface area (Å²) in [5, 5.41) is 20.5. The molecule has 0 bridgehead atoms. The van der Waals surface area contributed by atoms with Crippen LogP contribution in [0.1, 0.15) is 77.3 Å². The molecule has 0 saturated carbocycles. The number of fused-ring (bicyclic) bond motifs is 3. The van der Waals surface area contributed by atoms with Crippen LogP contribution in [-0.2, 0) is 10.3 Å². The van der Waals surface area contributed by atoms with E-state index in [4.69, 9.17) is 4.74 Å². The van der Waals surface area contributed by atoms with Gasteiger partial charge in [0.05, 0.1) is 6.61 Å². The number of hydrogen-bond acceptors (Lipinski definition) is 5. The third-order valence-corrected chi connectivity index (χ3v) is 6.39. The van der Waals surface area contributed by atoms with Gasteiger partial charge in [0.15, 0.2) is 0 Å². The predicted molar refractivity (Wildman–Crippen MR) is 107 cm³/mol. The Morgan fingerprint density at radius 1 is 1.39 bits per heavy atom. The van der Waals surface area contributed by atoms with Crippen LogP contribution in [0, 0.1) is 16.0 Å². The SMILES string of the molecule is CC1=C[C@H]2c3c(O)cc(C(C)(C)CCCO[N+](=O)[O-])cc3OC(C)(C)[C@@H]2CC1. The standard InChI is InChI=1S/C22H31NO5/c1-14-7-8-17-16(11-14)20-18(24)12-15(13-19(20)28-22(17,4)5)21(2,3)9-6-10-27-23(25)26/h11-13,16-17,24H,6-10H2,1-5H3/t16-,17-/m1/s1. The zero-order valence-corrected chi connectivity index (χ0v) is 17.4. The zero-order valence-electron chi connectivity index (χ0n) is 17.4. The highest BCUT2D eigenvalue weighted by Crippen LogP contribution is 2.54. The fourth-order valence-electron chi connectivity index (χ4n) is 4.71. The highest BCUT2D eigenvalue weighted by Gasteiger charge is 2.45. The van der Waals surface area contributed by atoms with Crippen LogP contribution in [0.3, 0.4) is 0 Å². The minimum atomic E-state index is -0.760. The van der Waals surface area contributed by atoms with E-state index in [-0.39, 0.29) is 29.3 Å². The molecular formula is C22H31NO5. The zero-order chi connectivity index (χ0) is 20.7. The van der Waals surface area contributed by atoms with Gasteiger partial charge in [0.1, 0.15) is 17.1 Å². The van der Waals surface area contributed by atoms with Gasteiger partial charge in [0, 0.05) is 17.4 Å². The molecule has 1 aromatic rings. The smallest absolute Gasteiger partial charge is 0.294 e. The number of phenolic OH excluding ortho intramolecular Hbond substituents is 1. The first-order valence-corrected chi connectivity index (χ1v) is 10.0. The van der Waals surface area contributed by atoms with E-state index in [1.807, 2.05) is 12.1 Å². The molecular weight excluding hydrogens is 358 g/mol. The first kappa shape index (κ1) is 20.5. The highest BCUT2D eigenvalue weighted by atomic mass is 16.9. The summed E-state index contributed by atoms with van der Waals surface area (Å²) in [6.07, 6.45) is 5.68. The number of hydrogen-bond donors (Lipinski definition) is 1. The van der Waals surface area contributed by atoms with Gasteiger partial charge in [-0.1, -0.05) is 25.5 Å². The van der Waals surface area contributed by atoms with Crippen molar-refractivity contribution in [2.75, 3.05) is 6.61 Å². The van der Waals surface area contributed by atoms with E-state index in [1.54, 1.807) is 0 Å². The summed E-state index contributed by atoms with van der Waals surface area (Å²) < 4.78 is 6.39. The predicted octanol–water partition coefficient (Wildman–Crippen LogP) is 5.27. The van der Waals surface area contributed by atoms with E-state index in [1.165, 1.54) is 5.57 Å². The van der Waals surface area contributed by atoms with Crippen molar-refractivity contribution in [3.8, 4) is 11.5 Å². The van der Waals surface area contributed by atoms with E-state index in [2.05, 4.69) is 45.5 Å². The summed E-state index contributed by atoms with van der Waals surface area (Å²) in [4.78, 5) is 14.8. The molecule has 1 N–H and O–H groups in total. The van der Waals surface area contributed by atoms with Crippen LogP contribution >= 0.6 is 0 Å². The molecule has 6 nitrogen and oxygen atoms in total. The summed E-state index contributed by atoms with van der Waals surface area (Å²) in [6, 6.07) is 3.88. The van der Waals surface area contributed by atoms with Crippen molar-refractivity contribution in [3.63, 3.8) is 0 Å². The number of ether oxygens (including phenoxy) is 1. The monoisotopic (exact) mass is 389 g/mol. The molecule has 0 radical (unpaired) electrons. The number of allylic oxidation sites excluding steroid dienone is 2. The summed E-state index contributed by atoms with van der Waals surface area (Å²) in [5.74, 6) is 1.53. The molecule has 0 aromatic heterocycles. The van der Waals surface area contributed by atoms with Crippen molar-refractivity contribution in [3.05, 3.63) is 45.0 Å². The van der Waals surface area contributed by atoms with Crippen LogP contribution in [0.25, 0.3) is 0 Å². The molecule has 1 heterocycles. The first-order valence-electron chi connectivity index (χ1n) is 10.0. The number of phenols is 1. The molecule has 154 valence electrons. The van der Waals surface area contributed by atoms with Crippen molar-refractivity contribution in [1.82, 2.24) is 0 Å². The lowest BCUT2D eigenvalue weighted by atomic mass is 9.67. The second-order valence-electron chi connectivity index (χ2n) is 9.34. The lowest BCUT2D eigenvalue weighted by Crippen LogP contribution is -2.45. The van der Waals surface area contributed by atoms with Gasteiger partial charge in [-0.2, -0.15) is 0 Å². The molecule has 0 fully saturated rings. The lowest BCUT2D eigenvalue weighted by molar-refractivity contribution is -0.757. The fraction of sp³-hybridized carbons (Fsp3) is 0.636. The Morgan fingerprint density at radius 2 is 2.11 bits per heavy atom. The van der Waals surface area contributed by atoms with E-state index in [0.29, 0.717) is 18.8 Å².